The van der Waals surface area contributed by atoms with E-state index in [1.54, 1.807) is 18.2 Å². The van der Waals surface area contributed by atoms with Gasteiger partial charge in [-0.2, -0.15) is 0 Å². The maximum absolute atomic E-state index is 13.5. The SMILES string of the molecule is CCN(CC)CCCNC(=O)c1ccc(-c2c(-c3ccc(F)cc3)ncn2C2CCCC2)o1. The molecule has 7 heteroatoms. The van der Waals surface area contributed by atoms with Crippen molar-refractivity contribution in [3.63, 3.8) is 0 Å². The number of amides is 1. The van der Waals surface area contributed by atoms with Gasteiger partial charge in [-0.3, -0.25) is 4.79 Å². The predicted octanol–water partition coefficient (Wildman–Crippen LogP) is 5.53. The average Bonchev–Trinajstić information content (AvgIpc) is 3.59. The molecule has 0 saturated heterocycles. The van der Waals surface area contributed by atoms with E-state index in [9.17, 15) is 9.18 Å². The number of imidazole rings is 1. The molecule has 2 heterocycles. The fourth-order valence-electron chi connectivity index (χ4n) is 4.60. The lowest BCUT2D eigenvalue weighted by Gasteiger charge is -2.17. The summed E-state index contributed by atoms with van der Waals surface area (Å²) in [4.78, 5) is 19.7. The van der Waals surface area contributed by atoms with E-state index in [0.29, 0.717) is 18.3 Å². The topological polar surface area (TPSA) is 63.3 Å². The van der Waals surface area contributed by atoms with Crippen LogP contribution in [0.3, 0.4) is 0 Å². The molecular formula is C26H33FN4O2. The molecule has 0 radical (unpaired) electrons. The van der Waals surface area contributed by atoms with Gasteiger partial charge in [-0.15, -0.1) is 0 Å². The Balaban J connectivity index is 1.54. The van der Waals surface area contributed by atoms with Crippen LogP contribution in [0.1, 0.15) is 62.5 Å². The second-order valence-electron chi connectivity index (χ2n) is 8.59. The highest BCUT2D eigenvalue weighted by Crippen LogP contribution is 2.39. The summed E-state index contributed by atoms with van der Waals surface area (Å²) in [5.41, 5.74) is 2.40. The molecule has 1 fully saturated rings. The van der Waals surface area contributed by atoms with Gasteiger partial charge in [0.1, 0.15) is 11.5 Å². The maximum atomic E-state index is 13.5. The lowest BCUT2D eigenvalue weighted by molar-refractivity contribution is 0.0925. The summed E-state index contributed by atoms with van der Waals surface area (Å²) in [5, 5.41) is 2.96. The summed E-state index contributed by atoms with van der Waals surface area (Å²) in [7, 11) is 0. The van der Waals surface area contributed by atoms with Crippen LogP contribution >= 0.6 is 0 Å². The molecule has 6 nitrogen and oxygen atoms in total. The zero-order valence-electron chi connectivity index (χ0n) is 19.5. The molecule has 2 aromatic heterocycles. The maximum Gasteiger partial charge on any atom is 0.287 e. The van der Waals surface area contributed by atoms with Crippen LogP contribution in [0.2, 0.25) is 0 Å². The van der Waals surface area contributed by atoms with Crippen LogP contribution in [0, 0.1) is 5.82 Å². The van der Waals surface area contributed by atoms with Gasteiger partial charge in [0.2, 0.25) is 0 Å². The van der Waals surface area contributed by atoms with Gasteiger partial charge >= 0.3 is 0 Å². The number of carbonyl (C=O) groups excluding carboxylic acids is 1. The van der Waals surface area contributed by atoms with E-state index in [-0.39, 0.29) is 17.5 Å². The quantitative estimate of drug-likeness (QED) is 0.411. The number of nitrogens with zero attached hydrogens (tertiary/aromatic N) is 3. The molecule has 1 aromatic carbocycles. The molecule has 1 amide bonds. The van der Waals surface area contributed by atoms with Gasteiger partial charge < -0.3 is 19.2 Å². The number of hydrogen-bond acceptors (Lipinski definition) is 4. The predicted molar refractivity (Wildman–Crippen MR) is 128 cm³/mol. The number of rotatable bonds is 10. The molecule has 0 unspecified atom stereocenters. The van der Waals surface area contributed by atoms with E-state index >= 15 is 0 Å². The molecule has 1 aliphatic carbocycles. The number of carbonyl (C=O) groups is 1. The van der Waals surface area contributed by atoms with Crippen molar-refractivity contribution >= 4 is 5.91 Å². The van der Waals surface area contributed by atoms with E-state index in [0.717, 1.165) is 55.8 Å². The third kappa shape index (κ3) is 5.36. The van der Waals surface area contributed by atoms with Crippen LogP contribution in [0.25, 0.3) is 22.7 Å². The highest BCUT2D eigenvalue weighted by Gasteiger charge is 2.25. The van der Waals surface area contributed by atoms with Gasteiger partial charge in [0.15, 0.2) is 11.5 Å². The Hall–Kier alpha value is -2.93. The fourth-order valence-corrected chi connectivity index (χ4v) is 4.60. The summed E-state index contributed by atoms with van der Waals surface area (Å²) in [6.07, 6.45) is 7.30. The van der Waals surface area contributed by atoms with E-state index in [4.69, 9.17) is 4.42 Å². The molecule has 1 N–H and O–H groups in total. The molecule has 0 aliphatic heterocycles. The third-order valence-corrected chi connectivity index (χ3v) is 6.52. The summed E-state index contributed by atoms with van der Waals surface area (Å²) in [5.74, 6) is 0.397. The van der Waals surface area contributed by atoms with Crippen molar-refractivity contribution in [1.82, 2.24) is 19.8 Å². The number of furan rings is 1. The summed E-state index contributed by atoms with van der Waals surface area (Å²) in [6.45, 7) is 7.87. The monoisotopic (exact) mass is 452 g/mol. The smallest absolute Gasteiger partial charge is 0.287 e. The van der Waals surface area contributed by atoms with Crippen LogP contribution in [0.5, 0.6) is 0 Å². The number of halogens is 1. The van der Waals surface area contributed by atoms with Crippen molar-refractivity contribution in [2.24, 2.45) is 0 Å². The van der Waals surface area contributed by atoms with Gasteiger partial charge in [0.05, 0.1) is 12.0 Å². The lowest BCUT2D eigenvalue weighted by Crippen LogP contribution is -2.29. The minimum Gasteiger partial charge on any atom is -0.449 e. The van der Waals surface area contributed by atoms with Crippen LogP contribution in [0.4, 0.5) is 4.39 Å². The van der Waals surface area contributed by atoms with Crippen molar-refractivity contribution in [3.05, 3.63) is 54.3 Å². The second-order valence-corrected chi connectivity index (χ2v) is 8.59. The van der Waals surface area contributed by atoms with E-state index < -0.39 is 0 Å². The molecule has 33 heavy (non-hydrogen) atoms. The van der Waals surface area contributed by atoms with Gasteiger partial charge in [-0.25, -0.2) is 9.37 Å². The van der Waals surface area contributed by atoms with Gasteiger partial charge in [0.25, 0.3) is 5.91 Å². The molecule has 3 aromatic rings. The van der Waals surface area contributed by atoms with Gasteiger partial charge in [-0.05, 0) is 75.3 Å². The third-order valence-electron chi connectivity index (χ3n) is 6.52. The summed E-state index contributed by atoms with van der Waals surface area (Å²) >= 11 is 0. The molecule has 0 spiro atoms. The first kappa shape index (κ1) is 23.2. The minimum atomic E-state index is -0.284. The minimum absolute atomic E-state index is 0.212. The Labute approximate surface area is 194 Å². The Morgan fingerprint density at radius 1 is 1.15 bits per heavy atom. The van der Waals surface area contributed by atoms with Crippen LogP contribution in [0.15, 0.2) is 47.1 Å². The van der Waals surface area contributed by atoms with Crippen molar-refractivity contribution in [3.8, 4) is 22.7 Å². The normalized spacial score (nSPS) is 14.3. The Morgan fingerprint density at radius 2 is 1.88 bits per heavy atom. The molecule has 1 saturated carbocycles. The summed E-state index contributed by atoms with van der Waals surface area (Å²) in [6, 6.07) is 10.2. The zero-order valence-corrected chi connectivity index (χ0v) is 19.5. The lowest BCUT2D eigenvalue weighted by atomic mass is 10.1. The first-order chi connectivity index (χ1) is 16.1. The van der Waals surface area contributed by atoms with E-state index in [2.05, 4.69) is 33.6 Å². The first-order valence-corrected chi connectivity index (χ1v) is 12.0. The standard InChI is InChI=1S/C26H33FN4O2/c1-3-30(4-2)17-7-16-28-26(32)23-15-14-22(33-23)25-24(19-10-12-20(27)13-11-19)29-18-31(25)21-8-5-6-9-21/h10-15,18,21H,3-9,16-17H2,1-2H3,(H,28,32). The number of nitrogens with one attached hydrogen (secondary N) is 1. The highest BCUT2D eigenvalue weighted by atomic mass is 19.1. The van der Waals surface area contributed by atoms with E-state index in [1.165, 1.54) is 25.0 Å². The molecular weight excluding hydrogens is 419 g/mol. The van der Waals surface area contributed by atoms with Crippen molar-refractivity contribution in [1.29, 1.82) is 0 Å². The Morgan fingerprint density at radius 3 is 2.58 bits per heavy atom. The van der Waals surface area contributed by atoms with E-state index in [1.807, 2.05) is 12.4 Å². The molecule has 4 rings (SSSR count). The van der Waals surface area contributed by atoms with Crippen LogP contribution in [-0.4, -0.2) is 46.5 Å². The first-order valence-electron chi connectivity index (χ1n) is 12.0. The highest BCUT2D eigenvalue weighted by molar-refractivity contribution is 5.92. The van der Waals surface area contributed by atoms with Crippen molar-refractivity contribution < 1.29 is 13.6 Å². The van der Waals surface area contributed by atoms with Crippen LogP contribution in [-0.2, 0) is 0 Å². The average molecular weight is 453 g/mol. The molecule has 0 atom stereocenters. The molecule has 1 aliphatic rings. The van der Waals surface area contributed by atoms with Gasteiger partial charge in [-0.1, -0.05) is 26.7 Å². The van der Waals surface area contributed by atoms with Gasteiger partial charge in [0, 0.05) is 18.2 Å². The second kappa shape index (κ2) is 10.8. The van der Waals surface area contributed by atoms with Crippen molar-refractivity contribution in [2.75, 3.05) is 26.2 Å². The fraction of sp³-hybridized carbons (Fsp3) is 0.462. The zero-order chi connectivity index (χ0) is 23.2. The van der Waals surface area contributed by atoms with Crippen LogP contribution < -0.4 is 5.32 Å². The van der Waals surface area contributed by atoms with Crippen molar-refractivity contribution in [2.45, 2.75) is 52.0 Å². The number of aromatic nitrogens is 2. The molecule has 0 bridgehead atoms. The largest absolute Gasteiger partial charge is 0.449 e. The summed E-state index contributed by atoms with van der Waals surface area (Å²) < 4.78 is 21.7. The molecule has 176 valence electrons. The Kier molecular flexibility index (Phi) is 7.60. The number of hydrogen-bond donors (Lipinski definition) is 1. The Bertz CT molecular complexity index is 1050. The number of benzene rings is 1.